The normalized spacial score (nSPS) is 15.7. The van der Waals surface area contributed by atoms with Gasteiger partial charge >= 0.3 is 0 Å². The van der Waals surface area contributed by atoms with Gasteiger partial charge in [0.1, 0.15) is 5.75 Å². The number of carbonyl (C=O) groups is 2. The minimum Gasteiger partial charge on any atom is -0.494 e. The van der Waals surface area contributed by atoms with Gasteiger partial charge in [-0.1, -0.05) is 65.7 Å². The van der Waals surface area contributed by atoms with Crippen LogP contribution in [0.1, 0.15) is 36.8 Å². The van der Waals surface area contributed by atoms with Crippen molar-refractivity contribution in [3.8, 4) is 5.75 Å². The summed E-state index contributed by atoms with van der Waals surface area (Å²) in [6.07, 6.45) is 3.86. The lowest BCUT2D eigenvalue weighted by Crippen LogP contribution is -2.46. The minimum atomic E-state index is -0.162. The summed E-state index contributed by atoms with van der Waals surface area (Å²) in [6.45, 7) is 5.42. The summed E-state index contributed by atoms with van der Waals surface area (Å²) in [7, 11) is 0. The number of hydrogen-bond acceptors (Lipinski definition) is 5. The van der Waals surface area contributed by atoms with Crippen molar-refractivity contribution >= 4 is 46.4 Å². The average Bonchev–Trinajstić information content (AvgIpc) is 2.98. The molecule has 0 unspecified atom stereocenters. The van der Waals surface area contributed by atoms with E-state index in [4.69, 9.17) is 27.9 Å². The molecule has 0 aliphatic carbocycles. The summed E-state index contributed by atoms with van der Waals surface area (Å²) in [5, 5.41) is 1.22. The van der Waals surface area contributed by atoms with Crippen molar-refractivity contribution in [1.82, 2.24) is 4.90 Å². The van der Waals surface area contributed by atoms with Gasteiger partial charge in [-0.15, -0.1) is 0 Å². The van der Waals surface area contributed by atoms with Crippen molar-refractivity contribution in [2.45, 2.75) is 38.5 Å². The highest BCUT2D eigenvalue weighted by Crippen LogP contribution is 2.34. The van der Waals surface area contributed by atoms with E-state index in [9.17, 15) is 9.59 Å². The van der Waals surface area contributed by atoms with Crippen LogP contribution >= 0.6 is 23.2 Å². The Hall–Kier alpha value is -3.06. The van der Waals surface area contributed by atoms with Crippen molar-refractivity contribution in [1.29, 1.82) is 0 Å². The fraction of sp³-hybridized carbons (Fsp3) is 0.375. The first-order valence-electron chi connectivity index (χ1n) is 14.1. The summed E-state index contributed by atoms with van der Waals surface area (Å²) in [5.41, 5.74) is 3.78. The van der Waals surface area contributed by atoms with E-state index in [1.54, 1.807) is 0 Å². The van der Waals surface area contributed by atoms with E-state index in [0.29, 0.717) is 53.8 Å². The van der Waals surface area contributed by atoms with Crippen LogP contribution in [0, 0.1) is 0 Å². The molecule has 0 bridgehead atoms. The Kier molecular flexibility index (Phi) is 9.63. The largest absolute Gasteiger partial charge is 0.494 e. The number of unbranched alkanes of at least 4 members (excludes halogenated alkanes) is 1. The summed E-state index contributed by atoms with van der Waals surface area (Å²) in [4.78, 5) is 32.0. The molecule has 2 amide bonds. The number of anilines is 2. The predicted molar refractivity (Wildman–Crippen MR) is 162 cm³/mol. The lowest BCUT2D eigenvalue weighted by Gasteiger charge is -2.36. The third-order valence-electron chi connectivity index (χ3n) is 7.66. The lowest BCUT2D eigenvalue weighted by molar-refractivity contribution is -0.126. The van der Waals surface area contributed by atoms with Gasteiger partial charge in [-0.05, 0) is 61.6 Å². The molecule has 0 radical (unpaired) electrons. The number of fused-ring (bicyclic) bond motifs is 1. The number of nitrogens with zero attached hydrogens (tertiary/aromatic N) is 3. The Morgan fingerprint density at radius 3 is 2.45 bits per heavy atom. The van der Waals surface area contributed by atoms with E-state index in [-0.39, 0.29) is 11.8 Å². The molecule has 0 N–H and O–H groups in total. The minimum absolute atomic E-state index is 0.138. The number of carbonyl (C=O) groups excluding carboxylic acids is 2. The number of ether oxygens (including phenoxy) is 1. The fourth-order valence-electron chi connectivity index (χ4n) is 5.40. The van der Waals surface area contributed by atoms with Crippen LogP contribution in [0.15, 0.2) is 66.7 Å². The maximum absolute atomic E-state index is 13.1. The molecule has 1 saturated heterocycles. The van der Waals surface area contributed by atoms with Crippen LogP contribution in [0.5, 0.6) is 5.75 Å². The van der Waals surface area contributed by atoms with Crippen molar-refractivity contribution in [2.75, 3.05) is 49.1 Å². The topological polar surface area (TPSA) is 53.1 Å². The maximum Gasteiger partial charge on any atom is 0.234 e. The molecule has 0 atom stereocenters. The van der Waals surface area contributed by atoms with Gasteiger partial charge < -0.3 is 9.64 Å². The molecule has 3 aromatic carbocycles. The van der Waals surface area contributed by atoms with E-state index >= 15 is 0 Å². The number of hydrogen-bond donors (Lipinski definition) is 0. The summed E-state index contributed by atoms with van der Waals surface area (Å²) < 4.78 is 6.05. The molecule has 5 rings (SSSR count). The zero-order chi connectivity index (χ0) is 27.9. The van der Waals surface area contributed by atoms with Crippen molar-refractivity contribution in [3.05, 3.63) is 87.9 Å². The van der Waals surface area contributed by atoms with Crippen LogP contribution in [0.3, 0.4) is 0 Å². The molecule has 2 aliphatic heterocycles. The first-order chi connectivity index (χ1) is 19.5. The van der Waals surface area contributed by atoms with Crippen LogP contribution < -0.4 is 14.5 Å². The van der Waals surface area contributed by atoms with Gasteiger partial charge in [-0.2, -0.15) is 0 Å². The van der Waals surface area contributed by atoms with Crippen molar-refractivity contribution < 1.29 is 14.3 Å². The molecule has 210 valence electrons. The molecule has 0 saturated carbocycles. The molecule has 8 heteroatoms. The molecule has 0 aromatic heterocycles. The van der Waals surface area contributed by atoms with E-state index < -0.39 is 0 Å². The highest BCUT2D eigenvalue weighted by Gasteiger charge is 2.29. The predicted octanol–water partition coefficient (Wildman–Crippen LogP) is 6.41. The van der Waals surface area contributed by atoms with Crippen LogP contribution in [0.4, 0.5) is 11.4 Å². The second-order valence-corrected chi connectivity index (χ2v) is 11.1. The molecular formula is C32H35Cl2N3O3. The Labute approximate surface area is 246 Å². The Morgan fingerprint density at radius 1 is 0.850 bits per heavy atom. The zero-order valence-corrected chi connectivity index (χ0v) is 24.2. The van der Waals surface area contributed by atoms with Gasteiger partial charge in [0.05, 0.1) is 28.0 Å². The first-order valence-corrected chi connectivity index (χ1v) is 14.8. The fourth-order valence-corrected chi connectivity index (χ4v) is 5.81. The molecule has 2 aliphatic rings. The van der Waals surface area contributed by atoms with E-state index in [2.05, 4.69) is 9.80 Å². The third kappa shape index (κ3) is 6.98. The Morgan fingerprint density at radius 2 is 1.65 bits per heavy atom. The third-order valence-corrected chi connectivity index (χ3v) is 8.47. The quantitative estimate of drug-likeness (QED) is 0.260. The van der Waals surface area contributed by atoms with Crippen LogP contribution in [0.25, 0.3) is 0 Å². The summed E-state index contributed by atoms with van der Waals surface area (Å²) >= 11 is 12.6. The molecule has 40 heavy (non-hydrogen) atoms. The molecular weight excluding hydrogens is 545 g/mol. The maximum atomic E-state index is 13.1. The van der Waals surface area contributed by atoms with E-state index in [1.165, 1.54) is 4.90 Å². The number of aryl methyl sites for hydroxylation is 2. The van der Waals surface area contributed by atoms with Gasteiger partial charge in [0, 0.05) is 45.1 Å². The standard InChI is InChI=1S/C32H35Cl2N3O3/c33-27-9-6-10-28(32(27)34)36-20-18-35(19-21-36)17-4-5-22-40-26-14-12-25-13-16-31(39)37(29(25)23-26)30(38)15-11-24-7-2-1-3-8-24/h1-3,6-10,12,14,23H,4-5,11,13,15-22H2. The smallest absolute Gasteiger partial charge is 0.234 e. The van der Waals surface area contributed by atoms with Gasteiger partial charge in [0.25, 0.3) is 0 Å². The number of halogens is 2. The monoisotopic (exact) mass is 579 g/mol. The number of piperazine rings is 1. The Balaban J connectivity index is 1.07. The number of rotatable bonds is 10. The number of benzene rings is 3. The number of imide groups is 1. The van der Waals surface area contributed by atoms with Crippen molar-refractivity contribution in [2.24, 2.45) is 0 Å². The molecule has 3 aromatic rings. The summed E-state index contributed by atoms with van der Waals surface area (Å²) in [5.74, 6) is 0.395. The Bertz CT molecular complexity index is 1330. The highest BCUT2D eigenvalue weighted by molar-refractivity contribution is 6.43. The van der Waals surface area contributed by atoms with Crippen LogP contribution in [-0.4, -0.2) is 56.0 Å². The first kappa shape index (κ1) is 28.5. The summed E-state index contributed by atoms with van der Waals surface area (Å²) in [6, 6.07) is 21.5. The van der Waals surface area contributed by atoms with Gasteiger partial charge in [-0.25, -0.2) is 0 Å². The lowest BCUT2D eigenvalue weighted by atomic mass is 10.00. The van der Waals surface area contributed by atoms with Gasteiger partial charge in [0.15, 0.2) is 0 Å². The second kappa shape index (κ2) is 13.5. The SMILES string of the molecule is O=C(CCc1ccccc1)N1C(=O)CCc2ccc(OCCCCN3CCN(c4cccc(Cl)c4Cl)CC3)cc21. The molecule has 0 spiro atoms. The van der Waals surface area contributed by atoms with E-state index in [1.807, 2.05) is 66.7 Å². The highest BCUT2D eigenvalue weighted by atomic mass is 35.5. The van der Waals surface area contributed by atoms with Crippen LogP contribution in [0.2, 0.25) is 10.0 Å². The van der Waals surface area contributed by atoms with Gasteiger partial charge in [0.2, 0.25) is 11.8 Å². The second-order valence-electron chi connectivity index (χ2n) is 10.4. The van der Waals surface area contributed by atoms with Crippen LogP contribution in [-0.2, 0) is 22.4 Å². The van der Waals surface area contributed by atoms with Gasteiger partial charge in [-0.3, -0.25) is 19.4 Å². The van der Waals surface area contributed by atoms with Crippen molar-refractivity contribution in [3.63, 3.8) is 0 Å². The molecule has 1 fully saturated rings. The molecule has 6 nitrogen and oxygen atoms in total. The van der Waals surface area contributed by atoms with E-state index in [0.717, 1.165) is 62.4 Å². The molecule has 2 heterocycles. The average molecular weight is 581 g/mol. The number of amides is 2. The zero-order valence-electron chi connectivity index (χ0n) is 22.7.